The topological polar surface area (TPSA) is 54.0 Å². The molecule has 5 nitrogen and oxygen atoms in total. The molecule has 9 aromatic carbocycles. The molecule has 0 saturated heterocycles. The Balaban J connectivity index is 1.46. The highest BCUT2D eigenvalue weighted by Gasteiger charge is 2.62. The molecule has 0 aliphatic carbocycles. The van der Waals surface area contributed by atoms with E-state index in [1.54, 1.807) is 0 Å². The van der Waals surface area contributed by atoms with Crippen LogP contribution in [0.1, 0.15) is 6.42 Å². The summed E-state index contributed by atoms with van der Waals surface area (Å²) in [5, 5.41) is 9.39. The summed E-state index contributed by atoms with van der Waals surface area (Å²) in [5.74, 6) is -0.491. The monoisotopic (exact) mass is 966 g/mol. The van der Waals surface area contributed by atoms with Gasteiger partial charge in [-0.05, 0) is 53.1 Å². The Kier molecular flexibility index (Phi) is 14.9. The second-order valence-electron chi connectivity index (χ2n) is 16.8. The molecule has 0 spiro atoms. The summed E-state index contributed by atoms with van der Waals surface area (Å²) in [7, 11) is -15.6. The van der Waals surface area contributed by atoms with Crippen molar-refractivity contribution in [3.8, 4) is 0 Å². The lowest BCUT2D eigenvalue weighted by molar-refractivity contribution is -0.137. The number of hydrogen-bond donors (Lipinski definition) is 0. The summed E-state index contributed by atoms with van der Waals surface area (Å²) >= 11 is 0. The van der Waals surface area contributed by atoms with Crippen molar-refractivity contribution in [3.05, 3.63) is 286 Å². The molecule has 9 heteroatoms. The van der Waals surface area contributed by atoms with Crippen LogP contribution in [0.5, 0.6) is 0 Å². The normalized spacial score (nSPS) is 11.9. The van der Waals surface area contributed by atoms with E-state index in [4.69, 9.17) is 17.1 Å². The summed E-state index contributed by atoms with van der Waals surface area (Å²) in [4.78, 5) is 12.9. The second kappa shape index (κ2) is 21.9. The van der Waals surface area contributed by atoms with Crippen molar-refractivity contribution in [1.29, 1.82) is 0 Å². The van der Waals surface area contributed by atoms with E-state index < -0.39 is 39.7 Å². The molecular weight excluding hydrogens is 913 g/mol. The van der Waals surface area contributed by atoms with Crippen LogP contribution in [0.3, 0.4) is 0 Å². The van der Waals surface area contributed by atoms with Crippen molar-refractivity contribution in [2.45, 2.75) is 12.5 Å². The first-order chi connectivity index (χ1) is 34.0. The van der Waals surface area contributed by atoms with Crippen LogP contribution >= 0.6 is 0 Å². The van der Waals surface area contributed by atoms with Crippen molar-refractivity contribution in [3.63, 3.8) is 0 Å². The summed E-state index contributed by atoms with van der Waals surface area (Å²) < 4.78 is 32.3. The van der Waals surface area contributed by atoms with E-state index in [0.717, 1.165) is 46.7 Å². The van der Waals surface area contributed by atoms with Crippen LogP contribution in [0.4, 0.5) is 0 Å². The number of ether oxygens (including phenoxy) is 1. The number of benzene rings is 9. The lowest BCUT2D eigenvalue weighted by atomic mass is 10.3. The fraction of sp³-hybridized carbons (Fsp3) is 0.0500. The third-order valence-electron chi connectivity index (χ3n) is 12.6. The van der Waals surface area contributed by atoms with Crippen LogP contribution in [-0.4, -0.2) is 46.3 Å². The number of carbonyl (C=O) groups excluding carboxylic acids is 1. The van der Waals surface area contributed by atoms with Gasteiger partial charge in [0.25, 0.3) is 25.0 Å². The standard InChI is InChI=1S/C60H54O5Si4/c1-2-60(61)62-49-30-50-66(63-67(51-31-12-3-13-32-51,52-33-14-4-15-34-52)53-35-16-5-17-36-53,64-68(54-37-18-6-19-38-54,55-39-20-7-21-40-55)56-41-22-8-23-42-56)65-69(57-43-24-9-25-44-57,58-45-26-10-27-46-58)59-47-28-11-29-48-59/h2-29,31-48H,1,30,49-50H2. The van der Waals surface area contributed by atoms with Gasteiger partial charge in [-0.1, -0.05) is 280 Å². The SMILES string of the molecule is C=CC(=O)OCCC[Si](O[Si](c1ccccc1)(c1ccccc1)c1ccccc1)(O[Si](c1ccccc1)(c1ccccc1)c1ccccc1)O[Si](c1ccccc1)(c1ccccc1)c1ccccc1. The minimum absolute atomic E-state index is 0.0966. The maximum absolute atomic E-state index is 12.9. The molecule has 69 heavy (non-hydrogen) atoms. The maximum Gasteiger partial charge on any atom is 0.471 e. The Labute approximate surface area is 410 Å². The van der Waals surface area contributed by atoms with E-state index in [0.29, 0.717) is 12.5 Å². The Morgan fingerprint density at radius 1 is 0.333 bits per heavy atom. The van der Waals surface area contributed by atoms with Crippen molar-refractivity contribution in [1.82, 2.24) is 0 Å². The predicted molar refractivity (Wildman–Crippen MR) is 292 cm³/mol. The minimum Gasteiger partial charge on any atom is -0.463 e. The van der Waals surface area contributed by atoms with Crippen LogP contribution in [0.15, 0.2) is 286 Å². The van der Waals surface area contributed by atoms with Crippen molar-refractivity contribution in [2.24, 2.45) is 0 Å². The zero-order valence-electron chi connectivity index (χ0n) is 38.4. The maximum atomic E-state index is 12.9. The molecule has 0 aliphatic heterocycles. The third-order valence-corrected chi connectivity index (χ3v) is 31.3. The number of hydrogen-bond acceptors (Lipinski definition) is 5. The highest BCUT2D eigenvalue weighted by atomic mass is 28.5. The summed E-state index contributed by atoms with van der Waals surface area (Å²) in [6.07, 6.45) is 1.59. The van der Waals surface area contributed by atoms with Crippen LogP contribution in [-0.2, 0) is 21.9 Å². The molecule has 0 atom stereocenters. The van der Waals surface area contributed by atoms with Crippen molar-refractivity contribution >= 4 is 86.4 Å². The molecule has 9 rings (SSSR count). The molecule has 340 valence electrons. The molecule has 0 aromatic heterocycles. The first kappa shape index (κ1) is 47.0. The fourth-order valence-corrected chi connectivity index (χ4v) is 31.7. The predicted octanol–water partition coefficient (Wildman–Crippen LogP) is 7.10. The summed E-state index contributed by atoms with van der Waals surface area (Å²) in [6, 6.07) is 96.1. The highest BCUT2D eigenvalue weighted by Crippen LogP contribution is 2.32. The van der Waals surface area contributed by atoms with E-state index in [1.165, 1.54) is 6.08 Å². The van der Waals surface area contributed by atoms with Crippen LogP contribution in [0, 0.1) is 0 Å². The molecule has 0 amide bonds. The van der Waals surface area contributed by atoms with Crippen molar-refractivity contribution < 1.29 is 21.9 Å². The zero-order chi connectivity index (χ0) is 47.3. The van der Waals surface area contributed by atoms with Gasteiger partial charge in [-0.15, -0.1) is 0 Å². The number of rotatable bonds is 20. The largest absolute Gasteiger partial charge is 0.471 e. The van der Waals surface area contributed by atoms with E-state index in [2.05, 4.69) is 280 Å². The van der Waals surface area contributed by atoms with Crippen molar-refractivity contribution in [2.75, 3.05) is 6.61 Å². The van der Waals surface area contributed by atoms with Gasteiger partial charge >= 0.3 is 14.8 Å². The van der Waals surface area contributed by atoms with Gasteiger partial charge in [0.05, 0.1) is 6.61 Å². The molecule has 0 bridgehead atoms. The summed E-state index contributed by atoms with van der Waals surface area (Å²) in [5.41, 5.74) is 0. The summed E-state index contributed by atoms with van der Waals surface area (Å²) in [6.45, 7) is 3.81. The lowest BCUT2D eigenvalue weighted by Crippen LogP contribution is -2.82. The molecule has 9 aromatic rings. The minimum atomic E-state index is -4.46. The molecule has 0 heterocycles. The average Bonchev–Trinajstić information content (AvgIpc) is 3.44. The van der Waals surface area contributed by atoms with E-state index >= 15 is 0 Å². The molecule has 0 radical (unpaired) electrons. The van der Waals surface area contributed by atoms with Gasteiger partial charge in [0.2, 0.25) is 0 Å². The molecule has 0 unspecified atom stereocenters. The third kappa shape index (κ3) is 9.80. The highest BCUT2D eigenvalue weighted by molar-refractivity contribution is 7.16. The molecule has 0 N–H and O–H groups in total. The van der Waals surface area contributed by atoms with E-state index in [-0.39, 0.29) is 6.61 Å². The quantitative estimate of drug-likeness (QED) is 0.0269. The van der Waals surface area contributed by atoms with Gasteiger partial charge < -0.3 is 17.1 Å². The Hall–Kier alpha value is -7.06. The molecule has 0 saturated carbocycles. The van der Waals surface area contributed by atoms with Crippen LogP contribution in [0.2, 0.25) is 6.04 Å². The smallest absolute Gasteiger partial charge is 0.463 e. The molecular formula is C60H54O5Si4. The number of esters is 1. The van der Waals surface area contributed by atoms with Gasteiger partial charge in [-0.2, -0.15) is 0 Å². The fourth-order valence-electron chi connectivity index (χ4n) is 9.52. The first-order valence-electron chi connectivity index (χ1n) is 23.4. The van der Waals surface area contributed by atoms with Crippen LogP contribution < -0.4 is 46.7 Å². The zero-order valence-corrected chi connectivity index (χ0v) is 42.4. The van der Waals surface area contributed by atoms with Gasteiger partial charge in [-0.25, -0.2) is 4.79 Å². The second-order valence-corrected chi connectivity index (χ2v) is 30.4. The van der Waals surface area contributed by atoms with Gasteiger partial charge in [0.1, 0.15) is 0 Å². The van der Waals surface area contributed by atoms with Gasteiger partial charge in [-0.3, -0.25) is 0 Å². The van der Waals surface area contributed by atoms with Crippen LogP contribution in [0.25, 0.3) is 0 Å². The lowest BCUT2D eigenvalue weighted by Gasteiger charge is -2.49. The van der Waals surface area contributed by atoms with Gasteiger partial charge in [0.15, 0.2) is 0 Å². The Morgan fingerprint density at radius 2 is 0.522 bits per heavy atom. The van der Waals surface area contributed by atoms with E-state index in [1.807, 2.05) is 0 Å². The van der Waals surface area contributed by atoms with Gasteiger partial charge in [0, 0.05) is 12.1 Å². The Morgan fingerprint density at radius 3 is 0.696 bits per heavy atom. The first-order valence-corrected chi connectivity index (χ1v) is 31.1. The molecule has 0 aliphatic rings. The number of carbonyl (C=O) groups is 1. The Bertz CT molecular complexity index is 2390. The molecule has 0 fully saturated rings. The average molecular weight is 967 g/mol. The van der Waals surface area contributed by atoms with E-state index in [9.17, 15) is 4.79 Å².